The van der Waals surface area contributed by atoms with Crippen LogP contribution < -0.4 is 5.32 Å². The normalized spacial score (nSPS) is 18.6. The minimum atomic E-state index is -0.583. The summed E-state index contributed by atoms with van der Waals surface area (Å²) in [6.45, 7) is -0.139. The van der Waals surface area contributed by atoms with Crippen LogP contribution in [0.1, 0.15) is 22.1 Å². The molecule has 1 aromatic heterocycles. The Morgan fingerprint density at radius 1 is 1.16 bits per heavy atom. The third-order valence-electron chi connectivity index (χ3n) is 5.35. The van der Waals surface area contributed by atoms with Gasteiger partial charge in [0.2, 0.25) is 11.8 Å². The number of carbonyl (C=O) groups is 2. The van der Waals surface area contributed by atoms with Crippen molar-refractivity contribution in [1.82, 2.24) is 4.90 Å². The van der Waals surface area contributed by atoms with Gasteiger partial charge in [0.1, 0.15) is 18.5 Å². The monoisotopic (exact) mass is 454 g/mol. The number of ether oxygens (including phenoxy) is 1. The molecule has 0 saturated carbocycles. The first kappa shape index (κ1) is 22.1. The number of thiophene rings is 1. The number of halogens is 1. The summed E-state index contributed by atoms with van der Waals surface area (Å²) < 4.78 is 19.0. The average Bonchev–Trinajstić information content (AvgIpc) is 3.30. The Kier molecular flexibility index (Phi) is 6.94. The Hall–Kier alpha value is -3.07. The number of hydrogen-bond donors (Lipinski definition) is 2. The third kappa shape index (κ3) is 5.21. The van der Waals surface area contributed by atoms with Crippen molar-refractivity contribution in [3.8, 4) is 0 Å². The standard InChI is InChI=1S/C24H23FN2O4S/c25-18-7-3-16(4-8-18)13-27-21(14-28)24(31-15-23(27)30)17-5-9-19(10-6-17)26-22(29)12-20-2-1-11-32-20/h1-11,21,24,28H,12-15H2,(H,26,29). The Bertz CT molecular complexity index is 1050. The first-order valence-corrected chi connectivity index (χ1v) is 11.1. The van der Waals surface area contributed by atoms with Gasteiger partial charge in [-0.3, -0.25) is 9.59 Å². The zero-order valence-electron chi connectivity index (χ0n) is 17.2. The molecule has 32 heavy (non-hydrogen) atoms. The van der Waals surface area contributed by atoms with Gasteiger partial charge in [-0.15, -0.1) is 11.3 Å². The summed E-state index contributed by atoms with van der Waals surface area (Å²) in [6.07, 6.45) is -0.202. The van der Waals surface area contributed by atoms with Gasteiger partial charge in [-0.2, -0.15) is 0 Å². The molecule has 2 amide bonds. The highest BCUT2D eigenvalue weighted by Crippen LogP contribution is 2.31. The molecule has 2 atom stereocenters. The summed E-state index contributed by atoms with van der Waals surface area (Å²) in [4.78, 5) is 27.3. The summed E-state index contributed by atoms with van der Waals surface area (Å²) in [5, 5.41) is 14.8. The van der Waals surface area contributed by atoms with Gasteiger partial charge in [-0.1, -0.05) is 30.3 Å². The van der Waals surface area contributed by atoms with Crippen LogP contribution in [0.3, 0.4) is 0 Å². The SMILES string of the molecule is O=C(Cc1cccs1)Nc1ccc(C2OCC(=O)N(Cc3ccc(F)cc3)C2CO)cc1. The summed E-state index contributed by atoms with van der Waals surface area (Å²) >= 11 is 1.54. The Balaban J connectivity index is 1.45. The first-order chi connectivity index (χ1) is 15.5. The van der Waals surface area contributed by atoms with E-state index in [0.29, 0.717) is 12.1 Å². The van der Waals surface area contributed by atoms with Crippen molar-refractivity contribution in [2.24, 2.45) is 0 Å². The molecule has 0 spiro atoms. The molecule has 2 aromatic carbocycles. The van der Waals surface area contributed by atoms with Crippen LogP contribution in [0.15, 0.2) is 66.0 Å². The molecule has 6 nitrogen and oxygen atoms in total. The van der Waals surface area contributed by atoms with Crippen molar-refractivity contribution < 1.29 is 23.8 Å². The molecule has 2 unspecified atom stereocenters. The van der Waals surface area contributed by atoms with Crippen molar-refractivity contribution in [2.45, 2.75) is 25.1 Å². The second-order valence-corrected chi connectivity index (χ2v) is 8.59. The number of aliphatic hydroxyl groups is 1. The average molecular weight is 455 g/mol. The van der Waals surface area contributed by atoms with Crippen molar-refractivity contribution >= 4 is 28.8 Å². The number of amides is 2. The number of aliphatic hydroxyl groups excluding tert-OH is 1. The smallest absolute Gasteiger partial charge is 0.249 e. The lowest BCUT2D eigenvalue weighted by molar-refractivity contribution is -0.162. The quantitative estimate of drug-likeness (QED) is 0.573. The molecule has 1 aliphatic rings. The van der Waals surface area contributed by atoms with Crippen molar-refractivity contribution in [3.05, 3.63) is 87.9 Å². The van der Waals surface area contributed by atoms with E-state index in [-0.39, 0.29) is 37.4 Å². The molecule has 0 bridgehead atoms. The number of carbonyl (C=O) groups excluding carboxylic acids is 2. The first-order valence-electron chi connectivity index (χ1n) is 10.2. The molecule has 166 valence electrons. The van der Waals surface area contributed by atoms with Gasteiger partial charge < -0.3 is 20.1 Å². The number of morpholine rings is 1. The Morgan fingerprint density at radius 2 is 1.91 bits per heavy atom. The number of rotatable bonds is 7. The van der Waals surface area contributed by atoms with Gasteiger partial charge in [-0.25, -0.2) is 4.39 Å². The van der Waals surface area contributed by atoms with Crippen LogP contribution in [-0.2, 0) is 27.3 Å². The van der Waals surface area contributed by atoms with Gasteiger partial charge >= 0.3 is 0 Å². The van der Waals surface area contributed by atoms with Gasteiger partial charge in [0, 0.05) is 17.1 Å². The molecule has 2 N–H and O–H groups in total. The molecule has 1 saturated heterocycles. The molecule has 1 fully saturated rings. The molecule has 3 aromatic rings. The molecule has 4 rings (SSSR count). The van der Waals surface area contributed by atoms with Crippen LogP contribution in [0.2, 0.25) is 0 Å². The number of nitrogens with one attached hydrogen (secondary N) is 1. The highest BCUT2D eigenvalue weighted by Gasteiger charge is 2.37. The van der Waals surface area contributed by atoms with Crippen molar-refractivity contribution in [2.75, 3.05) is 18.5 Å². The van der Waals surface area contributed by atoms with Crippen LogP contribution in [-0.4, -0.2) is 41.1 Å². The van der Waals surface area contributed by atoms with Crippen LogP contribution in [0.4, 0.5) is 10.1 Å². The summed E-state index contributed by atoms with van der Waals surface area (Å²) in [5.41, 5.74) is 2.21. The predicted octanol–water partition coefficient (Wildman–Crippen LogP) is 3.53. The minimum Gasteiger partial charge on any atom is -0.394 e. The van der Waals surface area contributed by atoms with E-state index < -0.39 is 12.1 Å². The fourth-order valence-corrected chi connectivity index (χ4v) is 4.44. The molecule has 2 heterocycles. The zero-order valence-corrected chi connectivity index (χ0v) is 18.1. The van der Waals surface area contributed by atoms with E-state index in [0.717, 1.165) is 16.0 Å². The second kappa shape index (κ2) is 10.0. The summed E-state index contributed by atoms with van der Waals surface area (Å²) in [6, 6.07) is 16.4. The molecular weight excluding hydrogens is 431 g/mol. The maximum Gasteiger partial charge on any atom is 0.249 e. The molecule has 0 radical (unpaired) electrons. The Morgan fingerprint density at radius 3 is 2.56 bits per heavy atom. The number of hydrogen-bond acceptors (Lipinski definition) is 5. The molecule has 1 aliphatic heterocycles. The van der Waals surface area contributed by atoms with E-state index >= 15 is 0 Å². The maximum absolute atomic E-state index is 13.2. The topological polar surface area (TPSA) is 78.9 Å². The van der Waals surface area contributed by atoms with E-state index in [1.165, 1.54) is 23.5 Å². The maximum atomic E-state index is 13.2. The number of benzene rings is 2. The van der Waals surface area contributed by atoms with Gasteiger partial charge in [0.05, 0.1) is 19.1 Å². The fourth-order valence-electron chi connectivity index (χ4n) is 3.74. The van der Waals surface area contributed by atoms with Crippen LogP contribution in [0.25, 0.3) is 0 Å². The third-order valence-corrected chi connectivity index (χ3v) is 6.22. The van der Waals surface area contributed by atoms with Crippen LogP contribution >= 0.6 is 11.3 Å². The van der Waals surface area contributed by atoms with Crippen LogP contribution in [0, 0.1) is 5.82 Å². The van der Waals surface area contributed by atoms with E-state index in [4.69, 9.17) is 4.74 Å². The lowest BCUT2D eigenvalue weighted by atomic mass is 9.98. The molecule has 0 aliphatic carbocycles. The number of anilines is 1. The van der Waals surface area contributed by atoms with Gasteiger partial charge in [-0.05, 0) is 46.8 Å². The number of nitrogens with zero attached hydrogens (tertiary/aromatic N) is 1. The van der Waals surface area contributed by atoms with E-state index in [2.05, 4.69) is 5.32 Å². The van der Waals surface area contributed by atoms with Crippen molar-refractivity contribution in [3.63, 3.8) is 0 Å². The predicted molar refractivity (Wildman–Crippen MR) is 120 cm³/mol. The van der Waals surface area contributed by atoms with E-state index in [1.807, 2.05) is 29.6 Å². The van der Waals surface area contributed by atoms with Crippen LogP contribution in [0.5, 0.6) is 0 Å². The zero-order chi connectivity index (χ0) is 22.5. The minimum absolute atomic E-state index is 0.0987. The lowest BCUT2D eigenvalue weighted by Gasteiger charge is -2.40. The molecular formula is C24H23FN2O4S. The molecule has 8 heteroatoms. The largest absolute Gasteiger partial charge is 0.394 e. The summed E-state index contributed by atoms with van der Waals surface area (Å²) in [5.74, 6) is -0.679. The van der Waals surface area contributed by atoms with Gasteiger partial charge in [0.25, 0.3) is 0 Å². The van der Waals surface area contributed by atoms with Crippen molar-refractivity contribution in [1.29, 1.82) is 0 Å². The Labute approximate surface area is 189 Å². The van der Waals surface area contributed by atoms with Gasteiger partial charge in [0.15, 0.2) is 0 Å². The summed E-state index contributed by atoms with van der Waals surface area (Å²) in [7, 11) is 0. The lowest BCUT2D eigenvalue weighted by Crippen LogP contribution is -2.52. The second-order valence-electron chi connectivity index (χ2n) is 7.56. The van der Waals surface area contributed by atoms with E-state index in [9.17, 15) is 19.1 Å². The van der Waals surface area contributed by atoms with E-state index in [1.54, 1.807) is 29.2 Å². The fraction of sp³-hybridized carbons (Fsp3) is 0.250. The highest BCUT2D eigenvalue weighted by atomic mass is 32.1. The highest BCUT2D eigenvalue weighted by molar-refractivity contribution is 7.10.